The Hall–Kier alpha value is 0.740. The lowest BCUT2D eigenvalue weighted by Gasteiger charge is -2.07. The minimum Gasteiger partial charge on any atom is -0.346 e. The van der Waals surface area contributed by atoms with E-state index >= 15 is 0 Å². The van der Waals surface area contributed by atoms with E-state index in [0.29, 0.717) is 6.10 Å². The fourth-order valence-electron chi connectivity index (χ4n) is 0.305. The van der Waals surface area contributed by atoms with Crippen molar-refractivity contribution >= 4 is 19.6 Å². The molecule has 0 aromatic rings. The molecule has 0 bridgehead atoms. The lowest BCUT2D eigenvalue weighted by atomic mass is 10.5. The maximum atomic E-state index is 5.18. The van der Waals surface area contributed by atoms with E-state index in [1.807, 2.05) is 20.5 Å². The number of hydrogen-bond donors (Lipinski definition) is 1. The van der Waals surface area contributed by atoms with E-state index in [1.54, 1.807) is 0 Å². The molecule has 0 rings (SSSR count). The summed E-state index contributed by atoms with van der Waals surface area (Å²) in [7, 11) is -0.445. The molecule has 0 heterocycles. The lowest BCUT2D eigenvalue weighted by molar-refractivity contribution is 0.279. The molecule has 3 heteroatoms. The van der Waals surface area contributed by atoms with Crippen molar-refractivity contribution in [1.82, 2.24) is 0 Å². The van der Waals surface area contributed by atoms with Gasteiger partial charge in [0.25, 0.3) is 0 Å². The zero-order chi connectivity index (χ0) is 5.86. The van der Waals surface area contributed by atoms with Crippen molar-refractivity contribution in [1.29, 1.82) is 0 Å². The second-order valence-corrected chi connectivity index (χ2v) is 4.45. The van der Waals surface area contributed by atoms with Crippen LogP contribution >= 0.6 is 19.6 Å². The standard InChI is InChI=1S/C4H11OPS/c1-4(2)5-6(3)7/h4,7H,1-3H3. The number of thiol groups is 1. The summed E-state index contributed by atoms with van der Waals surface area (Å²) in [6.07, 6.45) is 0.327. The van der Waals surface area contributed by atoms with Crippen molar-refractivity contribution in [2.75, 3.05) is 6.66 Å². The largest absolute Gasteiger partial charge is 0.346 e. The van der Waals surface area contributed by atoms with Gasteiger partial charge in [-0.2, -0.15) is 0 Å². The summed E-state index contributed by atoms with van der Waals surface area (Å²) in [5.41, 5.74) is 0. The molecule has 0 amide bonds. The van der Waals surface area contributed by atoms with Gasteiger partial charge in [0.2, 0.25) is 0 Å². The third kappa shape index (κ3) is 6.74. The molecule has 0 aliphatic heterocycles. The molecule has 0 saturated carbocycles. The highest BCUT2D eigenvalue weighted by molar-refractivity contribution is 8.43. The minimum atomic E-state index is -0.445. The molecule has 1 unspecified atom stereocenters. The Bertz CT molecular complexity index is 41.0. The first-order valence-electron chi connectivity index (χ1n) is 2.22. The maximum absolute atomic E-state index is 5.18. The van der Waals surface area contributed by atoms with Crippen LogP contribution in [0.4, 0.5) is 0 Å². The van der Waals surface area contributed by atoms with E-state index in [9.17, 15) is 0 Å². The van der Waals surface area contributed by atoms with E-state index in [4.69, 9.17) is 4.52 Å². The highest BCUT2D eigenvalue weighted by Crippen LogP contribution is 2.37. The molecule has 0 aromatic carbocycles. The first-order valence-corrected chi connectivity index (χ1v) is 5.08. The second-order valence-electron chi connectivity index (χ2n) is 1.62. The van der Waals surface area contributed by atoms with Crippen LogP contribution in [0.3, 0.4) is 0 Å². The third-order valence-electron chi connectivity index (χ3n) is 0.363. The summed E-state index contributed by atoms with van der Waals surface area (Å²) in [5, 5.41) is 0. The molecular weight excluding hydrogens is 127 g/mol. The van der Waals surface area contributed by atoms with Crippen molar-refractivity contribution in [2.45, 2.75) is 20.0 Å². The molecule has 0 spiro atoms. The first-order chi connectivity index (χ1) is 3.13. The zero-order valence-corrected chi connectivity index (χ0v) is 6.67. The lowest BCUT2D eigenvalue weighted by Crippen LogP contribution is -1.93. The Morgan fingerprint density at radius 2 is 2.00 bits per heavy atom. The molecule has 0 aliphatic carbocycles. The van der Waals surface area contributed by atoms with Gasteiger partial charge in [0, 0.05) is 0 Å². The average molecular weight is 138 g/mol. The van der Waals surface area contributed by atoms with Crippen molar-refractivity contribution in [3.8, 4) is 0 Å². The maximum Gasteiger partial charge on any atom is 0.0827 e. The van der Waals surface area contributed by atoms with Crippen LogP contribution in [0, 0.1) is 0 Å². The molecule has 0 aromatic heterocycles. The predicted octanol–water partition coefficient (Wildman–Crippen LogP) is 2.28. The molecule has 0 N–H and O–H groups in total. The van der Waals surface area contributed by atoms with Crippen LogP contribution < -0.4 is 0 Å². The van der Waals surface area contributed by atoms with Gasteiger partial charge in [-0.25, -0.2) is 0 Å². The van der Waals surface area contributed by atoms with Gasteiger partial charge < -0.3 is 4.52 Å². The van der Waals surface area contributed by atoms with Crippen LogP contribution in [0.1, 0.15) is 13.8 Å². The fraction of sp³-hybridized carbons (Fsp3) is 1.00. The predicted molar refractivity (Wildman–Crippen MR) is 38.1 cm³/mol. The van der Waals surface area contributed by atoms with Gasteiger partial charge in [0.1, 0.15) is 0 Å². The van der Waals surface area contributed by atoms with Gasteiger partial charge >= 0.3 is 0 Å². The molecule has 7 heavy (non-hydrogen) atoms. The van der Waals surface area contributed by atoms with Gasteiger partial charge in [-0.15, -0.1) is 12.2 Å². The Labute approximate surface area is 51.4 Å². The summed E-state index contributed by atoms with van der Waals surface area (Å²) in [5.74, 6) is 0. The summed E-state index contributed by atoms with van der Waals surface area (Å²) in [4.78, 5) is 0. The minimum absolute atomic E-state index is 0.327. The topological polar surface area (TPSA) is 9.23 Å². The summed E-state index contributed by atoms with van der Waals surface area (Å²) >= 11 is 4.08. The summed E-state index contributed by atoms with van der Waals surface area (Å²) in [6.45, 7) is 5.99. The highest BCUT2D eigenvalue weighted by atomic mass is 32.7. The van der Waals surface area contributed by atoms with Crippen molar-refractivity contribution in [3.05, 3.63) is 0 Å². The Morgan fingerprint density at radius 1 is 1.57 bits per heavy atom. The number of hydrogen-bond acceptors (Lipinski definition) is 2. The van der Waals surface area contributed by atoms with Crippen molar-refractivity contribution in [3.63, 3.8) is 0 Å². The van der Waals surface area contributed by atoms with E-state index < -0.39 is 7.35 Å². The van der Waals surface area contributed by atoms with Gasteiger partial charge in [0.05, 0.1) is 13.5 Å². The molecular formula is C4H11OPS. The van der Waals surface area contributed by atoms with Crippen LogP contribution in [-0.4, -0.2) is 12.8 Å². The quantitative estimate of drug-likeness (QED) is 0.455. The summed E-state index contributed by atoms with van der Waals surface area (Å²) in [6, 6.07) is 0. The van der Waals surface area contributed by atoms with Crippen molar-refractivity contribution < 1.29 is 4.52 Å². The number of rotatable bonds is 2. The molecule has 1 atom stereocenters. The fourth-order valence-corrected chi connectivity index (χ4v) is 1.48. The van der Waals surface area contributed by atoms with Crippen LogP contribution in [0.25, 0.3) is 0 Å². The van der Waals surface area contributed by atoms with Crippen LogP contribution in [0.2, 0.25) is 0 Å². The molecule has 1 nitrogen and oxygen atoms in total. The molecule has 0 fully saturated rings. The monoisotopic (exact) mass is 138 g/mol. The Kier molecular flexibility index (Phi) is 4.10. The molecule has 44 valence electrons. The first kappa shape index (κ1) is 7.74. The van der Waals surface area contributed by atoms with Crippen LogP contribution in [0.5, 0.6) is 0 Å². The van der Waals surface area contributed by atoms with E-state index in [0.717, 1.165) is 0 Å². The summed E-state index contributed by atoms with van der Waals surface area (Å²) < 4.78 is 5.18. The van der Waals surface area contributed by atoms with Crippen LogP contribution in [0.15, 0.2) is 0 Å². The van der Waals surface area contributed by atoms with Gasteiger partial charge in [-0.3, -0.25) is 0 Å². The van der Waals surface area contributed by atoms with Crippen molar-refractivity contribution in [2.24, 2.45) is 0 Å². The molecule has 0 saturated heterocycles. The zero-order valence-electron chi connectivity index (χ0n) is 4.88. The smallest absolute Gasteiger partial charge is 0.0827 e. The third-order valence-corrected chi connectivity index (χ3v) is 1.37. The normalized spacial score (nSPS) is 15.0. The molecule has 0 radical (unpaired) electrons. The van der Waals surface area contributed by atoms with Gasteiger partial charge in [-0.1, -0.05) is 0 Å². The van der Waals surface area contributed by atoms with E-state index in [2.05, 4.69) is 12.2 Å². The van der Waals surface area contributed by atoms with E-state index in [1.165, 1.54) is 0 Å². The highest BCUT2D eigenvalue weighted by Gasteiger charge is 1.95. The van der Waals surface area contributed by atoms with Gasteiger partial charge in [-0.05, 0) is 20.5 Å². The van der Waals surface area contributed by atoms with Crippen LogP contribution in [-0.2, 0) is 4.52 Å². The SMILES string of the molecule is CC(C)OP(C)S. The Balaban J connectivity index is 2.95. The average Bonchev–Trinajstić information content (AvgIpc) is 1.27. The molecule has 0 aliphatic rings. The van der Waals surface area contributed by atoms with Gasteiger partial charge in [0.15, 0.2) is 0 Å². The van der Waals surface area contributed by atoms with E-state index in [-0.39, 0.29) is 0 Å². The second kappa shape index (κ2) is 3.71. The Morgan fingerprint density at radius 3 is 2.00 bits per heavy atom.